The highest BCUT2D eigenvalue weighted by atomic mass is 35.5. The fourth-order valence-corrected chi connectivity index (χ4v) is 1.63. The number of hydrogen-bond acceptors (Lipinski definition) is 6. The monoisotopic (exact) mass is 326 g/mol. The van der Waals surface area contributed by atoms with Gasteiger partial charge >= 0.3 is 5.97 Å². The van der Waals surface area contributed by atoms with E-state index in [2.05, 4.69) is 0 Å². The minimum absolute atomic E-state index is 0.0842. The van der Waals surface area contributed by atoms with E-state index in [1.54, 1.807) is 0 Å². The van der Waals surface area contributed by atoms with Gasteiger partial charge in [0.05, 0.1) is 29.5 Å². The second kappa shape index (κ2) is 7.85. The Hall–Kier alpha value is -2.79. The number of rotatable bonds is 7. The summed E-state index contributed by atoms with van der Waals surface area (Å²) >= 11 is 5.49. The van der Waals surface area contributed by atoms with Gasteiger partial charge in [-0.25, -0.2) is 4.79 Å². The summed E-state index contributed by atoms with van der Waals surface area (Å²) in [6.45, 7) is 0.114. The number of nitro benzene ring substituents is 1. The van der Waals surface area contributed by atoms with Gasteiger partial charge in [0.2, 0.25) is 0 Å². The molecular weight excluding hydrogens is 316 g/mol. The lowest BCUT2D eigenvalue weighted by Gasteiger charge is -2.11. The van der Waals surface area contributed by atoms with Crippen molar-refractivity contribution in [2.45, 2.75) is 0 Å². The number of aliphatic carboxylic acids is 1. The molecule has 0 fully saturated rings. The van der Waals surface area contributed by atoms with Crippen molar-refractivity contribution in [2.75, 3.05) is 19.6 Å². The fourth-order valence-electron chi connectivity index (χ4n) is 1.56. The highest BCUT2D eigenvalue weighted by molar-refractivity contribution is 6.18. The number of hydrogen-bond donors (Lipinski definition) is 1. The van der Waals surface area contributed by atoms with E-state index in [-0.39, 0.29) is 29.5 Å². The Kier molecular flexibility index (Phi) is 6.16. The van der Waals surface area contributed by atoms with Crippen LogP contribution in [0.2, 0.25) is 0 Å². The summed E-state index contributed by atoms with van der Waals surface area (Å²) < 4.78 is 10.3. The summed E-state index contributed by atoms with van der Waals surface area (Å²) in [7, 11) is 1.32. The molecular formula is C13H11ClN2O6. The number of carboxylic acids is 1. The van der Waals surface area contributed by atoms with Crippen LogP contribution >= 0.6 is 11.6 Å². The topological polar surface area (TPSA) is 123 Å². The number of carbonyl (C=O) groups is 1. The number of alkyl halides is 1. The zero-order chi connectivity index (χ0) is 16.7. The molecule has 22 heavy (non-hydrogen) atoms. The summed E-state index contributed by atoms with van der Waals surface area (Å²) in [5, 5.41) is 28.7. The summed E-state index contributed by atoms with van der Waals surface area (Å²) in [5.41, 5.74) is -1.14. The summed E-state index contributed by atoms with van der Waals surface area (Å²) in [4.78, 5) is 21.2. The molecule has 9 heteroatoms. The lowest BCUT2D eigenvalue weighted by molar-refractivity contribution is -0.385. The van der Waals surface area contributed by atoms with Gasteiger partial charge in [-0.3, -0.25) is 10.1 Å². The van der Waals surface area contributed by atoms with Crippen LogP contribution in [0.1, 0.15) is 5.56 Å². The van der Waals surface area contributed by atoms with Crippen molar-refractivity contribution < 1.29 is 24.3 Å². The van der Waals surface area contributed by atoms with Gasteiger partial charge in [-0.2, -0.15) is 5.26 Å². The average molecular weight is 327 g/mol. The quantitative estimate of drug-likeness (QED) is 0.268. The van der Waals surface area contributed by atoms with Gasteiger partial charge < -0.3 is 14.6 Å². The molecule has 0 amide bonds. The highest BCUT2D eigenvalue weighted by Gasteiger charge is 2.20. The second-order valence-corrected chi connectivity index (χ2v) is 4.21. The molecule has 0 heterocycles. The normalized spacial score (nSPS) is 10.7. The number of methoxy groups -OCH3 is 1. The van der Waals surface area contributed by atoms with Crippen LogP contribution < -0.4 is 9.47 Å². The van der Waals surface area contributed by atoms with Gasteiger partial charge in [-0.15, -0.1) is 11.6 Å². The molecule has 0 unspecified atom stereocenters. The molecule has 0 saturated carbocycles. The standard InChI is InChI=1S/C13H11ClN2O6/c1-21-11-5-8(4-9(7-15)13(17)18)10(16(19)20)6-12(11)22-3-2-14/h4-6H,2-3H2,1H3,(H,17,18)/b9-4+. The molecule has 1 N–H and O–H groups in total. The Balaban J connectivity index is 3.47. The zero-order valence-electron chi connectivity index (χ0n) is 11.4. The number of carboxylic acid groups (broad SMARTS) is 1. The molecule has 0 bridgehead atoms. The summed E-state index contributed by atoms with van der Waals surface area (Å²) in [5.74, 6) is -1.06. The van der Waals surface area contributed by atoms with Crippen molar-refractivity contribution in [3.8, 4) is 17.6 Å². The van der Waals surface area contributed by atoms with E-state index >= 15 is 0 Å². The van der Waals surface area contributed by atoms with Gasteiger partial charge in [0.1, 0.15) is 18.2 Å². The number of nitrogens with zero attached hydrogens (tertiary/aromatic N) is 2. The highest BCUT2D eigenvalue weighted by Crippen LogP contribution is 2.35. The van der Waals surface area contributed by atoms with E-state index < -0.39 is 22.2 Å². The molecule has 116 valence electrons. The number of nitriles is 1. The third-order valence-electron chi connectivity index (χ3n) is 2.50. The van der Waals surface area contributed by atoms with Gasteiger partial charge in [0.25, 0.3) is 5.69 Å². The maximum Gasteiger partial charge on any atom is 0.346 e. The molecule has 0 aromatic heterocycles. The van der Waals surface area contributed by atoms with Crippen molar-refractivity contribution in [1.29, 1.82) is 5.26 Å². The van der Waals surface area contributed by atoms with E-state index in [1.807, 2.05) is 0 Å². The lowest BCUT2D eigenvalue weighted by Crippen LogP contribution is -2.03. The van der Waals surface area contributed by atoms with E-state index in [1.165, 1.54) is 19.2 Å². The van der Waals surface area contributed by atoms with Gasteiger partial charge in [-0.1, -0.05) is 0 Å². The SMILES string of the molecule is COc1cc(/C=C(\C#N)C(=O)O)c([N+](=O)[O-])cc1OCCCl. The third-order valence-corrected chi connectivity index (χ3v) is 2.65. The van der Waals surface area contributed by atoms with E-state index in [4.69, 9.17) is 31.4 Å². The number of halogens is 1. The van der Waals surface area contributed by atoms with Gasteiger partial charge in [-0.05, 0) is 12.1 Å². The van der Waals surface area contributed by atoms with E-state index in [9.17, 15) is 14.9 Å². The Morgan fingerprint density at radius 3 is 2.68 bits per heavy atom. The first kappa shape index (κ1) is 17.3. The van der Waals surface area contributed by atoms with E-state index in [0.717, 1.165) is 12.1 Å². The Morgan fingerprint density at radius 2 is 2.23 bits per heavy atom. The number of ether oxygens (including phenoxy) is 2. The lowest BCUT2D eigenvalue weighted by atomic mass is 10.1. The summed E-state index contributed by atoms with van der Waals surface area (Å²) in [6, 6.07) is 3.77. The van der Waals surface area contributed by atoms with Gasteiger partial charge in [0.15, 0.2) is 11.5 Å². The predicted molar refractivity (Wildman–Crippen MR) is 77.1 cm³/mol. The molecule has 8 nitrogen and oxygen atoms in total. The molecule has 0 aliphatic rings. The van der Waals surface area contributed by atoms with Crippen LogP contribution in [0.15, 0.2) is 17.7 Å². The minimum atomic E-state index is -1.49. The second-order valence-electron chi connectivity index (χ2n) is 3.83. The largest absolute Gasteiger partial charge is 0.493 e. The first-order valence-corrected chi connectivity index (χ1v) is 6.38. The molecule has 0 saturated heterocycles. The van der Waals surface area contributed by atoms with Crippen LogP contribution in [-0.4, -0.2) is 35.6 Å². The number of benzene rings is 1. The van der Waals surface area contributed by atoms with Crippen molar-refractivity contribution in [2.24, 2.45) is 0 Å². The van der Waals surface area contributed by atoms with Crippen LogP contribution in [0.25, 0.3) is 6.08 Å². The molecule has 0 atom stereocenters. The van der Waals surface area contributed by atoms with Crippen molar-refractivity contribution >= 4 is 29.3 Å². The van der Waals surface area contributed by atoms with Crippen LogP contribution in [0.4, 0.5) is 5.69 Å². The first-order valence-electron chi connectivity index (χ1n) is 5.84. The molecule has 0 aliphatic heterocycles. The molecule has 0 spiro atoms. The fraction of sp³-hybridized carbons (Fsp3) is 0.231. The van der Waals surface area contributed by atoms with Crippen LogP contribution in [-0.2, 0) is 4.79 Å². The maximum atomic E-state index is 11.1. The smallest absolute Gasteiger partial charge is 0.346 e. The molecule has 1 aromatic rings. The van der Waals surface area contributed by atoms with E-state index in [0.29, 0.717) is 0 Å². The molecule has 0 radical (unpaired) electrons. The first-order chi connectivity index (χ1) is 10.4. The number of nitro groups is 1. The average Bonchev–Trinajstić information content (AvgIpc) is 2.49. The minimum Gasteiger partial charge on any atom is -0.493 e. The van der Waals surface area contributed by atoms with Crippen LogP contribution in [0, 0.1) is 21.4 Å². The van der Waals surface area contributed by atoms with Crippen LogP contribution in [0.3, 0.4) is 0 Å². The van der Waals surface area contributed by atoms with Crippen LogP contribution in [0.5, 0.6) is 11.5 Å². The maximum absolute atomic E-state index is 11.1. The third kappa shape index (κ3) is 4.10. The molecule has 1 aromatic carbocycles. The van der Waals surface area contributed by atoms with Crippen molar-refractivity contribution in [3.63, 3.8) is 0 Å². The Bertz CT molecular complexity index is 665. The van der Waals surface area contributed by atoms with Crippen molar-refractivity contribution in [3.05, 3.63) is 33.4 Å². The van der Waals surface area contributed by atoms with Gasteiger partial charge in [0, 0.05) is 0 Å². The predicted octanol–water partition coefficient (Wildman–Crippen LogP) is 2.21. The Labute approximate surface area is 130 Å². The molecule has 1 rings (SSSR count). The Morgan fingerprint density at radius 1 is 1.55 bits per heavy atom. The summed E-state index contributed by atoms with van der Waals surface area (Å²) in [6.07, 6.45) is 0.897. The zero-order valence-corrected chi connectivity index (χ0v) is 12.2. The molecule has 0 aliphatic carbocycles. The van der Waals surface area contributed by atoms with Crippen molar-refractivity contribution in [1.82, 2.24) is 0 Å².